The smallest absolute Gasteiger partial charge is 0.149 e. The molecular weight excluding hydrogens is 116 g/mol. The zero-order chi connectivity index (χ0) is 6.69. The lowest BCUT2D eigenvalue weighted by atomic mass is 10.3. The molecule has 0 fully saturated rings. The van der Waals surface area contributed by atoms with Crippen molar-refractivity contribution in [2.24, 2.45) is 11.5 Å². The van der Waals surface area contributed by atoms with Crippen LogP contribution in [0.2, 0.25) is 0 Å². The van der Waals surface area contributed by atoms with E-state index in [0.717, 1.165) is 12.1 Å². The molecule has 0 spiro atoms. The Morgan fingerprint density at radius 3 is 2.89 bits per heavy atom. The second kappa shape index (κ2) is 2.70. The minimum Gasteiger partial charge on any atom is -0.358 e. The van der Waals surface area contributed by atoms with E-state index in [1.54, 1.807) is 0 Å². The van der Waals surface area contributed by atoms with Crippen molar-refractivity contribution in [3.63, 3.8) is 0 Å². The second-order valence-corrected chi connectivity index (χ2v) is 2.00. The minimum absolute atomic E-state index is 0.119. The maximum absolute atomic E-state index is 5.44. The fourth-order valence-corrected chi connectivity index (χ4v) is 0.773. The molecule has 1 aliphatic heterocycles. The predicted octanol–water partition coefficient (Wildman–Crippen LogP) is -1.39. The minimum atomic E-state index is -0.119. The number of nitrogens with one attached hydrogen (secondary N) is 2. The normalized spacial score (nSPS) is 24.7. The molecule has 1 atom stereocenters. The summed E-state index contributed by atoms with van der Waals surface area (Å²) in [6.07, 6.45) is 2.60. The second-order valence-electron chi connectivity index (χ2n) is 2.00. The Hall–Kier alpha value is -0.740. The van der Waals surface area contributed by atoms with Gasteiger partial charge in [-0.2, -0.15) is 0 Å². The van der Waals surface area contributed by atoms with Gasteiger partial charge >= 0.3 is 0 Å². The zero-order valence-corrected chi connectivity index (χ0v) is 5.22. The van der Waals surface area contributed by atoms with E-state index in [1.165, 1.54) is 0 Å². The summed E-state index contributed by atoms with van der Waals surface area (Å²) in [5, 5.41) is 5.91. The van der Waals surface area contributed by atoms with Gasteiger partial charge in [-0.3, -0.25) is 5.73 Å². The quantitative estimate of drug-likeness (QED) is 0.369. The van der Waals surface area contributed by atoms with Crippen molar-refractivity contribution in [3.05, 3.63) is 11.9 Å². The third-order valence-corrected chi connectivity index (χ3v) is 1.19. The maximum Gasteiger partial charge on any atom is 0.149 e. The molecule has 6 N–H and O–H groups in total. The van der Waals surface area contributed by atoms with E-state index in [-0.39, 0.29) is 6.29 Å². The summed E-state index contributed by atoms with van der Waals surface area (Å²) in [5.74, 6) is 0. The SMILES string of the molecule is NCCC1=CNC(N)N1. The van der Waals surface area contributed by atoms with Gasteiger partial charge < -0.3 is 16.4 Å². The molecule has 1 unspecified atom stereocenters. The molecule has 1 rings (SSSR count). The van der Waals surface area contributed by atoms with Crippen molar-refractivity contribution in [1.82, 2.24) is 10.6 Å². The molecule has 1 aliphatic rings. The molecule has 0 saturated carbocycles. The van der Waals surface area contributed by atoms with E-state index in [0.29, 0.717) is 6.54 Å². The Morgan fingerprint density at radius 2 is 2.44 bits per heavy atom. The average Bonchev–Trinajstić information content (AvgIpc) is 2.17. The van der Waals surface area contributed by atoms with E-state index in [4.69, 9.17) is 11.5 Å². The van der Waals surface area contributed by atoms with E-state index >= 15 is 0 Å². The highest BCUT2D eigenvalue weighted by molar-refractivity contribution is 5.05. The highest BCUT2D eigenvalue weighted by Gasteiger charge is 2.07. The summed E-state index contributed by atoms with van der Waals surface area (Å²) < 4.78 is 0. The van der Waals surface area contributed by atoms with Crippen LogP contribution in [0, 0.1) is 0 Å². The van der Waals surface area contributed by atoms with Crippen LogP contribution >= 0.6 is 0 Å². The summed E-state index contributed by atoms with van der Waals surface area (Å²) in [6, 6.07) is 0. The predicted molar refractivity (Wildman–Crippen MR) is 36.0 cm³/mol. The topological polar surface area (TPSA) is 76.1 Å². The Balaban J connectivity index is 2.27. The van der Waals surface area contributed by atoms with Crippen LogP contribution in [0.3, 0.4) is 0 Å². The monoisotopic (exact) mass is 128 g/mol. The molecule has 9 heavy (non-hydrogen) atoms. The zero-order valence-electron chi connectivity index (χ0n) is 5.22. The van der Waals surface area contributed by atoms with Gasteiger partial charge in [0.25, 0.3) is 0 Å². The maximum atomic E-state index is 5.44. The molecule has 0 aromatic heterocycles. The standard InChI is InChI=1S/C5H12N4/c6-2-1-4-3-8-5(7)9-4/h3,5,8-9H,1-2,6-7H2. The number of nitrogens with two attached hydrogens (primary N) is 2. The molecule has 0 aromatic carbocycles. The fourth-order valence-electron chi connectivity index (χ4n) is 0.773. The van der Waals surface area contributed by atoms with E-state index in [9.17, 15) is 0 Å². The van der Waals surface area contributed by atoms with Crippen molar-refractivity contribution >= 4 is 0 Å². The van der Waals surface area contributed by atoms with E-state index < -0.39 is 0 Å². The summed E-state index contributed by atoms with van der Waals surface area (Å²) in [7, 11) is 0. The third kappa shape index (κ3) is 1.58. The molecule has 1 heterocycles. The van der Waals surface area contributed by atoms with Crippen LogP contribution in [0.25, 0.3) is 0 Å². The first-order chi connectivity index (χ1) is 4.33. The van der Waals surface area contributed by atoms with Gasteiger partial charge in [-0.05, 0) is 6.54 Å². The van der Waals surface area contributed by atoms with Crippen LogP contribution in [-0.2, 0) is 0 Å². The molecule has 4 nitrogen and oxygen atoms in total. The molecular formula is C5H12N4. The Labute approximate surface area is 54.3 Å². The molecule has 0 radical (unpaired) electrons. The lowest BCUT2D eigenvalue weighted by molar-refractivity contribution is 0.576. The van der Waals surface area contributed by atoms with Crippen LogP contribution in [0.4, 0.5) is 0 Å². The average molecular weight is 128 g/mol. The Bertz CT molecular complexity index is 120. The summed E-state index contributed by atoms with van der Waals surface area (Å²) in [6.45, 7) is 0.660. The van der Waals surface area contributed by atoms with Gasteiger partial charge in [0.15, 0.2) is 0 Å². The van der Waals surface area contributed by atoms with Gasteiger partial charge in [-0.25, -0.2) is 0 Å². The molecule has 0 bridgehead atoms. The number of hydrogen-bond acceptors (Lipinski definition) is 4. The molecule has 52 valence electrons. The lowest BCUT2D eigenvalue weighted by Crippen LogP contribution is -2.40. The van der Waals surface area contributed by atoms with Crippen molar-refractivity contribution in [3.8, 4) is 0 Å². The van der Waals surface area contributed by atoms with Gasteiger partial charge in [0.2, 0.25) is 0 Å². The van der Waals surface area contributed by atoms with Gasteiger partial charge in [-0.15, -0.1) is 0 Å². The van der Waals surface area contributed by atoms with Crippen molar-refractivity contribution in [2.45, 2.75) is 12.7 Å². The van der Waals surface area contributed by atoms with Crippen molar-refractivity contribution in [1.29, 1.82) is 0 Å². The highest BCUT2D eigenvalue weighted by atomic mass is 15.3. The first-order valence-electron chi connectivity index (χ1n) is 3.00. The van der Waals surface area contributed by atoms with Gasteiger partial charge in [0.05, 0.1) is 0 Å². The summed E-state index contributed by atoms with van der Waals surface area (Å²) in [5.41, 5.74) is 11.8. The van der Waals surface area contributed by atoms with Gasteiger partial charge in [0, 0.05) is 18.3 Å². The molecule has 0 saturated heterocycles. The van der Waals surface area contributed by atoms with Crippen LogP contribution < -0.4 is 22.1 Å². The molecule has 0 amide bonds. The summed E-state index contributed by atoms with van der Waals surface area (Å²) in [4.78, 5) is 0. The van der Waals surface area contributed by atoms with Gasteiger partial charge in [0.1, 0.15) is 6.29 Å². The van der Waals surface area contributed by atoms with Gasteiger partial charge in [-0.1, -0.05) is 0 Å². The largest absolute Gasteiger partial charge is 0.358 e. The highest BCUT2D eigenvalue weighted by Crippen LogP contribution is 1.97. The van der Waals surface area contributed by atoms with Crippen LogP contribution in [0.5, 0.6) is 0 Å². The molecule has 0 aliphatic carbocycles. The first kappa shape index (κ1) is 6.38. The number of hydrogen-bond donors (Lipinski definition) is 4. The van der Waals surface area contributed by atoms with Crippen molar-refractivity contribution < 1.29 is 0 Å². The molecule has 4 heteroatoms. The first-order valence-corrected chi connectivity index (χ1v) is 3.00. The van der Waals surface area contributed by atoms with Crippen LogP contribution in [0.15, 0.2) is 11.9 Å². The Kier molecular flexibility index (Phi) is 1.92. The van der Waals surface area contributed by atoms with E-state index in [2.05, 4.69) is 10.6 Å². The third-order valence-electron chi connectivity index (χ3n) is 1.19. The molecule has 0 aromatic rings. The van der Waals surface area contributed by atoms with Crippen LogP contribution in [-0.4, -0.2) is 12.8 Å². The lowest BCUT2D eigenvalue weighted by Gasteiger charge is -2.05. The summed E-state index contributed by atoms with van der Waals surface area (Å²) >= 11 is 0. The number of rotatable bonds is 2. The fraction of sp³-hybridized carbons (Fsp3) is 0.600. The van der Waals surface area contributed by atoms with E-state index in [1.807, 2.05) is 6.20 Å². The van der Waals surface area contributed by atoms with Crippen LogP contribution in [0.1, 0.15) is 6.42 Å². The van der Waals surface area contributed by atoms with Crippen molar-refractivity contribution in [2.75, 3.05) is 6.54 Å². The Morgan fingerprint density at radius 1 is 1.67 bits per heavy atom.